The summed E-state index contributed by atoms with van der Waals surface area (Å²) in [5.74, 6) is 1.43. The van der Waals surface area contributed by atoms with E-state index in [-0.39, 0.29) is 5.54 Å². The number of nitrogens with one attached hydrogen (secondary N) is 1. The molecule has 0 aromatic heterocycles. The summed E-state index contributed by atoms with van der Waals surface area (Å²) < 4.78 is 5.12. The van der Waals surface area contributed by atoms with Gasteiger partial charge in [0.05, 0.1) is 13.2 Å². The summed E-state index contributed by atoms with van der Waals surface area (Å²) >= 11 is 0. The zero-order valence-corrected chi connectivity index (χ0v) is 8.68. The average molecular weight is 171 g/mol. The molecule has 2 nitrogen and oxygen atoms in total. The van der Waals surface area contributed by atoms with Crippen molar-refractivity contribution in [3.05, 3.63) is 0 Å². The highest BCUT2D eigenvalue weighted by atomic mass is 16.5. The quantitative estimate of drug-likeness (QED) is 0.694. The fraction of sp³-hybridized carbons (Fsp3) is 1.00. The van der Waals surface area contributed by atoms with Gasteiger partial charge in [-0.2, -0.15) is 0 Å². The lowest BCUT2D eigenvalue weighted by Crippen LogP contribution is -2.49. The van der Waals surface area contributed by atoms with Crippen molar-refractivity contribution >= 4 is 0 Å². The van der Waals surface area contributed by atoms with Gasteiger partial charge in [0.2, 0.25) is 0 Å². The Morgan fingerprint density at radius 1 is 1.42 bits per heavy atom. The summed E-state index contributed by atoms with van der Waals surface area (Å²) in [5, 5.41) is 3.58. The minimum absolute atomic E-state index is 0.260. The molecule has 1 N–H and O–H groups in total. The highest BCUT2D eigenvalue weighted by Crippen LogP contribution is 2.17. The average Bonchev–Trinajstić information content (AvgIpc) is 1.83. The summed E-state index contributed by atoms with van der Waals surface area (Å²) in [5.41, 5.74) is 0.260. The van der Waals surface area contributed by atoms with Crippen LogP contribution in [0.25, 0.3) is 0 Å². The molecule has 1 rings (SSSR count). The summed E-state index contributed by atoms with van der Waals surface area (Å²) in [4.78, 5) is 0. The maximum atomic E-state index is 5.12. The maximum absolute atomic E-state index is 5.12. The molecule has 0 saturated carbocycles. The zero-order chi connectivity index (χ0) is 9.19. The Labute approximate surface area is 75.7 Å². The molecule has 1 aliphatic heterocycles. The van der Waals surface area contributed by atoms with Gasteiger partial charge in [-0.05, 0) is 19.8 Å². The van der Waals surface area contributed by atoms with E-state index < -0.39 is 0 Å². The lowest BCUT2D eigenvalue weighted by atomic mass is 9.90. The number of ether oxygens (including phenoxy) is 1. The van der Waals surface area contributed by atoms with Crippen molar-refractivity contribution in [2.75, 3.05) is 19.8 Å². The van der Waals surface area contributed by atoms with Crippen LogP contribution in [0.3, 0.4) is 0 Å². The van der Waals surface area contributed by atoms with Crippen LogP contribution >= 0.6 is 0 Å². The van der Waals surface area contributed by atoms with Gasteiger partial charge in [-0.15, -0.1) is 0 Å². The van der Waals surface area contributed by atoms with Crippen LogP contribution in [0.2, 0.25) is 0 Å². The first kappa shape index (κ1) is 10.0. The lowest BCUT2D eigenvalue weighted by Gasteiger charge is -2.35. The molecule has 0 aliphatic carbocycles. The molecule has 1 aliphatic rings. The second-order valence-electron chi connectivity index (χ2n) is 4.66. The van der Waals surface area contributed by atoms with Crippen molar-refractivity contribution in [2.24, 2.45) is 11.8 Å². The molecule has 0 amide bonds. The fourth-order valence-corrected chi connectivity index (χ4v) is 1.01. The Morgan fingerprint density at radius 2 is 2.00 bits per heavy atom. The Kier molecular flexibility index (Phi) is 3.13. The van der Waals surface area contributed by atoms with Gasteiger partial charge in [0.15, 0.2) is 0 Å². The van der Waals surface area contributed by atoms with Crippen molar-refractivity contribution < 1.29 is 4.74 Å². The van der Waals surface area contributed by atoms with E-state index in [4.69, 9.17) is 4.74 Å². The van der Waals surface area contributed by atoms with E-state index in [1.807, 2.05) is 0 Å². The fourth-order valence-electron chi connectivity index (χ4n) is 1.01. The second kappa shape index (κ2) is 3.75. The molecule has 0 atom stereocenters. The third kappa shape index (κ3) is 2.46. The van der Waals surface area contributed by atoms with E-state index in [1.165, 1.54) is 0 Å². The molecule has 0 aromatic rings. The van der Waals surface area contributed by atoms with Crippen molar-refractivity contribution in [1.82, 2.24) is 5.32 Å². The van der Waals surface area contributed by atoms with E-state index in [2.05, 4.69) is 33.0 Å². The number of rotatable bonds is 4. The van der Waals surface area contributed by atoms with Gasteiger partial charge in [0.25, 0.3) is 0 Å². The predicted molar refractivity (Wildman–Crippen MR) is 51.2 cm³/mol. The summed E-state index contributed by atoms with van der Waals surface area (Å²) in [6.07, 6.45) is 0. The van der Waals surface area contributed by atoms with E-state index in [0.29, 0.717) is 5.92 Å². The molecule has 0 radical (unpaired) electrons. The Hall–Kier alpha value is -0.0800. The summed E-state index contributed by atoms with van der Waals surface area (Å²) in [6, 6.07) is 0. The normalized spacial score (nSPS) is 19.8. The van der Waals surface area contributed by atoms with Crippen LogP contribution < -0.4 is 5.32 Å². The van der Waals surface area contributed by atoms with Crippen LogP contribution in [-0.4, -0.2) is 25.3 Å². The van der Waals surface area contributed by atoms with Crippen molar-refractivity contribution in [1.29, 1.82) is 0 Å². The van der Waals surface area contributed by atoms with Crippen LogP contribution in [0.5, 0.6) is 0 Å². The first-order valence-electron chi connectivity index (χ1n) is 4.85. The molecule has 12 heavy (non-hydrogen) atoms. The van der Waals surface area contributed by atoms with E-state index >= 15 is 0 Å². The van der Waals surface area contributed by atoms with Crippen LogP contribution in [0, 0.1) is 11.8 Å². The van der Waals surface area contributed by atoms with Crippen molar-refractivity contribution in [3.63, 3.8) is 0 Å². The Morgan fingerprint density at radius 3 is 2.33 bits per heavy atom. The molecular formula is C10H21NO. The van der Waals surface area contributed by atoms with E-state index in [1.54, 1.807) is 0 Å². The van der Waals surface area contributed by atoms with Crippen LogP contribution in [0.1, 0.15) is 27.7 Å². The van der Waals surface area contributed by atoms with Gasteiger partial charge in [-0.25, -0.2) is 0 Å². The van der Waals surface area contributed by atoms with Crippen LogP contribution in [0.4, 0.5) is 0 Å². The largest absolute Gasteiger partial charge is 0.381 e. The van der Waals surface area contributed by atoms with Crippen LogP contribution in [0.15, 0.2) is 0 Å². The third-order valence-electron chi connectivity index (χ3n) is 3.00. The van der Waals surface area contributed by atoms with Gasteiger partial charge >= 0.3 is 0 Å². The Balaban J connectivity index is 2.19. The smallest absolute Gasteiger partial charge is 0.0528 e. The molecule has 0 bridgehead atoms. The van der Waals surface area contributed by atoms with Gasteiger partial charge in [-0.3, -0.25) is 0 Å². The Bertz CT molecular complexity index is 139. The SMILES string of the molecule is CC(C)C(C)(C)NCC1COC1. The van der Waals surface area contributed by atoms with E-state index in [9.17, 15) is 0 Å². The monoisotopic (exact) mass is 171 g/mol. The van der Waals surface area contributed by atoms with Gasteiger partial charge in [-0.1, -0.05) is 13.8 Å². The molecule has 2 heteroatoms. The molecule has 0 aromatic carbocycles. The molecule has 0 spiro atoms. The zero-order valence-electron chi connectivity index (χ0n) is 8.68. The number of hydrogen-bond donors (Lipinski definition) is 1. The summed E-state index contributed by atoms with van der Waals surface area (Å²) in [7, 11) is 0. The van der Waals surface area contributed by atoms with Crippen molar-refractivity contribution in [2.45, 2.75) is 33.2 Å². The minimum Gasteiger partial charge on any atom is -0.381 e. The van der Waals surface area contributed by atoms with Gasteiger partial charge in [0, 0.05) is 18.0 Å². The number of hydrogen-bond acceptors (Lipinski definition) is 2. The molecule has 1 heterocycles. The van der Waals surface area contributed by atoms with Gasteiger partial charge < -0.3 is 10.1 Å². The third-order valence-corrected chi connectivity index (χ3v) is 3.00. The summed E-state index contributed by atoms with van der Waals surface area (Å²) in [6.45, 7) is 12.0. The first-order valence-corrected chi connectivity index (χ1v) is 4.85. The van der Waals surface area contributed by atoms with Gasteiger partial charge in [0.1, 0.15) is 0 Å². The molecule has 0 unspecified atom stereocenters. The highest BCUT2D eigenvalue weighted by Gasteiger charge is 2.25. The maximum Gasteiger partial charge on any atom is 0.0528 e. The molecular weight excluding hydrogens is 150 g/mol. The first-order chi connectivity index (χ1) is 5.52. The lowest BCUT2D eigenvalue weighted by molar-refractivity contribution is -0.0341. The van der Waals surface area contributed by atoms with Crippen molar-refractivity contribution in [3.8, 4) is 0 Å². The van der Waals surface area contributed by atoms with E-state index in [0.717, 1.165) is 25.7 Å². The predicted octanol–water partition coefficient (Wildman–Crippen LogP) is 1.66. The highest BCUT2D eigenvalue weighted by molar-refractivity contribution is 4.82. The molecule has 1 fully saturated rings. The topological polar surface area (TPSA) is 21.3 Å². The van der Waals surface area contributed by atoms with Crippen LogP contribution in [-0.2, 0) is 4.74 Å². The minimum atomic E-state index is 0.260. The second-order valence-corrected chi connectivity index (χ2v) is 4.66. The molecule has 72 valence electrons. The molecule has 1 saturated heterocycles. The standard InChI is InChI=1S/C10H21NO/c1-8(2)10(3,4)11-5-9-6-12-7-9/h8-9,11H,5-7H2,1-4H3.